The lowest BCUT2D eigenvalue weighted by molar-refractivity contribution is 0.521. The maximum atomic E-state index is 5.60. The Hall–Kier alpha value is -1.02. The largest absolute Gasteiger partial charge is 0.375 e. The Kier molecular flexibility index (Phi) is 5.33. The quantitative estimate of drug-likeness (QED) is 0.798. The fraction of sp³-hybridized carbons (Fsp3) is 0.571. The Morgan fingerprint density at radius 2 is 1.88 bits per heavy atom. The number of aryl methyl sites for hydroxylation is 1. The molecule has 1 aromatic rings. The summed E-state index contributed by atoms with van der Waals surface area (Å²) in [6.07, 6.45) is 2.43. The van der Waals surface area contributed by atoms with Gasteiger partial charge >= 0.3 is 0 Å². The van der Waals surface area contributed by atoms with E-state index in [1.807, 2.05) is 0 Å². The molecule has 0 heterocycles. The first-order valence-corrected chi connectivity index (χ1v) is 6.11. The Labute approximate surface area is 99.5 Å². The van der Waals surface area contributed by atoms with Crippen molar-refractivity contribution in [1.82, 2.24) is 0 Å². The minimum Gasteiger partial charge on any atom is -0.375 e. The normalized spacial score (nSPS) is 12.5. The summed E-state index contributed by atoms with van der Waals surface area (Å²) in [7, 11) is 2.15. The predicted octanol–water partition coefficient (Wildman–Crippen LogP) is 2.81. The highest BCUT2D eigenvalue weighted by atomic mass is 15.1. The van der Waals surface area contributed by atoms with Crippen LogP contribution in [0.3, 0.4) is 0 Å². The average Bonchev–Trinajstić information content (AvgIpc) is 2.29. The second kappa shape index (κ2) is 6.54. The van der Waals surface area contributed by atoms with Gasteiger partial charge in [0.15, 0.2) is 0 Å². The van der Waals surface area contributed by atoms with Crippen molar-refractivity contribution in [2.24, 2.45) is 11.7 Å². The number of rotatable bonds is 6. The van der Waals surface area contributed by atoms with E-state index < -0.39 is 0 Å². The van der Waals surface area contributed by atoms with Gasteiger partial charge in [0.1, 0.15) is 0 Å². The second-order valence-corrected chi connectivity index (χ2v) is 4.74. The first-order valence-electron chi connectivity index (χ1n) is 6.11. The van der Waals surface area contributed by atoms with Crippen LogP contribution in [0.2, 0.25) is 0 Å². The summed E-state index contributed by atoms with van der Waals surface area (Å²) >= 11 is 0. The van der Waals surface area contributed by atoms with Crippen LogP contribution in [0.25, 0.3) is 0 Å². The highest BCUT2D eigenvalue weighted by molar-refractivity contribution is 5.46. The lowest BCUT2D eigenvalue weighted by Gasteiger charge is -2.20. The first kappa shape index (κ1) is 13.0. The topological polar surface area (TPSA) is 29.3 Å². The van der Waals surface area contributed by atoms with Crippen LogP contribution in [0.4, 0.5) is 5.69 Å². The van der Waals surface area contributed by atoms with Crippen LogP contribution in [0.15, 0.2) is 24.3 Å². The molecule has 1 rings (SSSR count). The van der Waals surface area contributed by atoms with Crippen molar-refractivity contribution in [1.29, 1.82) is 0 Å². The molecule has 16 heavy (non-hydrogen) atoms. The summed E-state index contributed by atoms with van der Waals surface area (Å²) < 4.78 is 0. The van der Waals surface area contributed by atoms with Crippen molar-refractivity contribution in [3.63, 3.8) is 0 Å². The van der Waals surface area contributed by atoms with Gasteiger partial charge in [0, 0.05) is 19.3 Å². The van der Waals surface area contributed by atoms with Gasteiger partial charge in [0.2, 0.25) is 0 Å². The van der Waals surface area contributed by atoms with Gasteiger partial charge in [-0.15, -0.1) is 0 Å². The van der Waals surface area contributed by atoms with E-state index in [2.05, 4.69) is 50.1 Å². The van der Waals surface area contributed by atoms with E-state index in [0.717, 1.165) is 13.1 Å². The number of nitrogens with two attached hydrogens (primary N) is 1. The zero-order valence-electron chi connectivity index (χ0n) is 10.7. The van der Waals surface area contributed by atoms with Crippen LogP contribution in [-0.2, 0) is 0 Å². The third-order valence-electron chi connectivity index (χ3n) is 3.07. The monoisotopic (exact) mass is 220 g/mol. The van der Waals surface area contributed by atoms with E-state index in [4.69, 9.17) is 5.73 Å². The van der Waals surface area contributed by atoms with Crippen molar-refractivity contribution in [2.75, 3.05) is 25.0 Å². The van der Waals surface area contributed by atoms with Gasteiger partial charge in [-0.05, 0) is 44.4 Å². The molecule has 0 aromatic heterocycles. The number of nitrogens with zero attached hydrogens (tertiary/aromatic N) is 1. The predicted molar refractivity (Wildman–Crippen MR) is 71.9 cm³/mol. The summed E-state index contributed by atoms with van der Waals surface area (Å²) in [5.74, 6) is 0.645. The van der Waals surface area contributed by atoms with Crippen LogP contribution in [0.1, 0.15) is 25.3 Å². The molecule has 2 N–H and O–H groups in total. The second-order valence-electron chi connectivity index (χ2n) is 4.74. The molecule has 0 fully saturated rings. The fourth-order valence-corrected chi connectivity index (χ4v) is 1.72. The van der Waals surface area contributed by atoms with Gasteiger partial charge in [-0.3, -0.25) is 0 Å². The standard InChI is InChI=1S/C14H24N2/c1-12-6-8-14(9-7-12)16(3)10-4-5-13(2)11-15/h6-9,13H,4-5,10-11,15H2,1-3H3. The summed E-state index contributed by atoms with van der Waals surface area (Å²) in [6, 6.07) is 8.69. The maximum absolute atomic E-state index is 5.60. The van der Waals surface area contributed by atoms with Crippen molar-refractivity contribution in [2.45, 2.75) is 26.7 Å². The summed E-state index contributed by atoms with van der Waals surface area (Å²) in [6.45, 7) is 6.24. The van der Waals surface area contributed by atoms with Crippen molar-refractivity contribution in [3.05, 3.63) is 29.8 Å². The fourth-order valence-electron chi connectivity index (χ4n) is 1.72. The molecule has 0 aliphatic rings. The SMILES string of the molecule is Cc1ccc(N(C)CCCC(C)CN)cc1. The lowest BCUT2D eigenvalue weighted by Crippen LogP contribution is -2.20. The van der Waals surface area contributed by atoms with E-state index in [1.54, 1.807) is 0 Å². The number of benzene rings is 1. The Morgan fingerprint density at radius 1 is 1.25 bits per heavy atom. The molecular formula is C14H24N2. The first-order chi connectivity index (χ1) is 7.63. The molecular weight excluding hydrogens is 196 g/mol. The number of anilines is 1. The average molecular weight is 220 g/mol. The number of hydrogen-bond donors (Lipinski definition) is 1. The Balaban J connectivity index is 2.35. The van der Waals surface area contributed by atoms with Crippen LogP contribution in [-0.4, -0.2) is 20.1 Å². The van der Waals surface area contributed by atoms with Gasteiger partial charge < -0.3 is 10.6 Å². The highest BCUT2D eigenvalue weighted by Gasteiger charge is 2.02. The summed E-state index contributed by atoms with van der Waals surface area (Å²) in [4.78, 5) is 2.31. The lowest BCUT2D eigenvalue weighted by atomic mass is 10.1. The molecule has 0 aliphatic heterocycles. The third kappa shape index (κ3) is 4.23. The summed E-state index contributed by atoms with van der Waals surface area (Å²) in [5.41, 5.74) is 8.21. The zero-order valence-corrected chi connectivity index (χ0v) is 10.7. The van der Waals surface area contributed by atoms with Gasteiger partial charge in [-0.25, -0.2) is 0 Å². The molecule has 2 nitrogen and oxygen atoms in total. The van der Waals surface area contributed by atoms with Crippen LogP contribution >= 0.6 is 0 Å². The van der Waals surface area contributed by atoms with Gasteiger partial charge in [-0.2, -0.15) is 0 Å². The molecule has 0 aliphatic carbocycles. The van der Waals surface area contributed by atoms with E-state index in [9.17, 15) is 0 Å². The highest BCUT2D eigenvalue weighted by Crippen LogP contribution is 2.14. The van der Waals surface area contributed by atoms with Crippen molar-refractivity contribution in [3.8, 4) is 0 Å². The molecule has 90 valence electrons. The van der Waals surface area contributed by atoms with E-state index >= 15 is 0 Å². The third-order valence-corrected chi connectivity index (χ3v) is 3.07. The molecule has 0 bridgehead atoms. The smallest absolute Gasteiger partial charge is 0.0363 e. The molecule has 0 radical (unpaired) electrons. The molecule has 1 unspecified atom stereocenters. The van der Waals surface area contributed by atoms with Gasteiger partial charge in [0.25, 0.3) is 0 Å². The molecule has 0 spiro atoms. The minimum absolute atomic E-state index is 0.645. The Bertz CT molecular complexity index is 292. The van der Waals surface area contributed by atoms with Crippen LogP contribution in [0, 0.1) is 12.8 Å². The zero-order chi connectivity index (χ0) is 12.0. The Morgan fingerprint density at radius 3 is 2.44 bits per heavy atom. The van der Waals surface area contributed by atoms with Crippen molar-refractivity contribution < 1.29 is 0 Å². The number of hydrogen-bond acceptors (Lipinski definition) is 2. The molecule has 0 saturated heterocycles. The van der Waals surface area contributed by atoms with E-state index in [0.29, 0.717) is 5.92 Å². The molecule has 2 heteroatoms. The van der Waals surface area contributed by atoms with Crippen molar-refractivity contribution >= 4 is 5.69 Å². The van der Waals surface area contributed by atoms with E-state index in [1.165, 1.54) is 24.1 Å². The molecule has 0 saturated carbocycles. The molecule has 1 aromatic carbocycles. The molecule has 0 amide bonds. The van der Waals surface area contributed by atoms with Gasteiger partial charge in [0.05, 0.1) is 0 Å². The molecule has 1 atom stereocenters. The minimum atomic E-state index is 0.645. The van der Waals surface area contributed by atoms with Crippen LogP contribution < -0.4 is 10.6 Å². The van der Waals surface area contributed by atoms with Gasteiger partial charge in [-0.1, -0.05) is 24.6 Å². The maximum Gasteiger partial charge on any atom is 0.0363 e. The van der Waals surface area contributed by atoms with E-state index in [-0.39, 0.29) is 0 Å². The van der Waals surface area contributed by atoms with Crippen LogP contribution in [0.5, 0.6) is 0 Å². The summed E-state index contributed by atoms with van der Waals surface area (Å²) in [5, 5.41) is 0.